The second-order valence-electron chi connectivity index (χ2n) is 5.37. The third-order valence-electron chi connectivity index (χ3n) is 2.92. The molecule has 0 aliphatic carbocycles. The molecule has 6 nitrogen and oxygen atoms in total. The van der Waals surface area contributed by atoms with E-state index in [0.29, 0.717) is 18.7 Å². The molecule has 0 saturated carbocycles. The Balaban J connectivity index is 2.90. The summed E-state index contributed by atoms with van der Waals surface area (Å²) in [5.74, 6) is -1.25. The van der Waals surface area contributed by atoms with E-state index < -0.39 is 17.4 Å². The minimum Gasteiger partial charge on any atom is -0.480 e. The lowest BCUT2D eigenvalue weighted by molar-refractivity contribution is -0.144. The van der Waals surface area contributed by atoms with Crippen LogP contribution in [0.2, 0.25) is 0 Å². The topological polar surface area (TPSA) is 88.5 Å². The van der Waals surface area contributed by atoms with Crippen LogP contribution in [0.5, 0.6) is 5.88 Å². The van der Waals surface area contributed by atoms with Gasteiger partial charge in [-0.05, 0) is 33.3 Å². The maximum absolute atomic E-state index is 12.2. The second kappa shape index (κ2) is 7.06. The van der Waals surface area contributed by atoms with Gasteiger partial charge in [0.1, 0.15) is 11.2 Å². The summed E-state index contributed by atoms with van der Waals surface area (Å²) < 4.78 is 5.42. The summed E-state index contributed by atoms with van der Waals surface area (Å²) in [5, 5.41) is 11.8. The third-order valence-corrected chi connectivity index (χ3v) is 2.92. The predicted octanol–water partition coefficient (Wildman–Crippen LogP) is 2.24. The largest absolute Gasteiger partial charge is 0.480 e. The van der Waals surface area contributed by atoms with Crippen LogP contribution >= 0.6 is 0 Å². The van der Waals surface area contributed by atoms with Gasteiger partial charge in [-0.1, -0.05) is 19.4 Å². The molecule has 1 aromatic heterocycles. The van der Waals surface area contributed by atoms with Crippen molar-refractivity contribution < 1.29 is 19.4 Å². The number of nitrogens with one attached hydrogen (secondary N) is 1. The van der Waals surface area contributed by atoms with E-state index in [0.717, 1.165) is 0 Å². The maximum Gasteiger partial charge on any atom is 0.329 e. The Labute approximate surface area is 124 Å². The molecular weight excluding hydrogens is 272 g/mol. The number of hydrogen-bond acceptors (Lipinski definition) is 4. The molecule has 1 heterocycles. The second-order valence-corrected chi connectivity index (χ2v) is 5.37. The Bertz CT molecular complexity index is 516. The van der Waals surface area contributed by atoms with Crippen molar-refractivity contribution in [2.45, 2.75) is 52.2 Å². The SMILES string of the molecule is CCCC(C)(NC(=O)c1cccc(OC(C)C)n1)C(=O)O. The molecule has 116 valence electrons. The molecule has 1 rings (SSSR count). The fourth-order valence-corrected chi connectivity index (χ4v) is 1.89. The van der Waals surface area contributed by atoms with E-state index in [1.54, 1.807) is 12.1 Å². The highest BCUT2D eigenvalue weighted by molar-refractivity contribution is 5.96. The first-order valence-corrected chi connectivity index (χ1v) is 6.98. The molecule has 1 amide bonds. The summed E-state index contributed by atoms with van der Waals surface area (Å²) >= 11 is 0. The van der Waals surface area contributed by atoms with Gasteiger partial charge in [0.25, 0.3) is 5.91 Å². The fourth-order valence-electron chi connectivity index (χ4n) is 1.89. The Kier molecular flexibility index (Phi) is 5.69. The predicted molar refractivity (Wildman–Crippen MR) is 78.4 cm³/mol. The summed E-state index contributed by atoms with van der Waals surface area (Å²) in [6.07, 6.45) is 0.934. The number of carboxylic acid groups (broad SMARTS) is 1. The van der Waals surface area contributed by atoms with Crippen molar-refractivity contribution in [1.82, 2.24) is 10.3 Å². The Hall–Kier alpha value is -2.11. The molecule has 1 atom stereocenters. The molecule has 0 bridgehead atoms. The molecule has 2 N–H and O–H groups in total. The van der Waals surface area contributed by atoms with Crippen LogP contribution in [0.4, 0.5) is 0 Å². The van der Waals surface area contributed by atoms with Crippen LogP contribution in [0, 0.1) is 0 Å². The molecular formula is C15H22N2O4. The quantitative estimate of drug-likeness (QED) is 0.805. The molecule has 1 aromatic rings. The lowest BCUT2D eigenvalue weighted by Crippen LogP contribution is -2.52. The molecule has 0 aromatic carbocycles. The van der Waals surface area contributed by atoms with E-state index in [4.69, 9.17) is 4.74 Å². The average molecular weight is 294 g/mol. The number of amides is 1. The normalized spacial score (nSPS) is 13.6. The van der Waals surface area contributed by atoms with Gasteiger partial charge in [0.15, 0.2) is 0 Å². The van der Waals surface area contributed by atoms with Crippen molar-refractivity contribution >= 4 is 11.9 Å². The van der Waals surface area contributed by atoms with Crippen molar-refractivity contribution in [3.63, 3.8) is 0 Å². The lowest BCUT2D eigenvalue weighted by atomic mass is 9.96. The maximum atomic E-state index is 12.2. The molecule has 6 heteroatoms. The average Bonchev–Trinajstić information content (AvgIpc) is 2.38. The van der Waals surface area contributed by atoms with Crippen LogP contribution in [-0.2, 0) is 4.79 Å². The van der Waals surface area contributed by atoms with Gasteiger partial charge in [-0.3, -0.25) is 4.79 Å². The van der Waals surface area contributed by atoms with Gasteiger partial charge in [0.2, 0.25) is 5.88 Å². The summed E-state index contributed by atoms with van der Waals surface area (Å²) in [6, 6.07) is 4.83. The van der Waals surface area contributed by atoms with Crippen molar-refractivity contribution in [2.24, 2.45) is 0 Å². The smallest absolute Gasteiger partial charge is 0.329 e. The Morgan fingerprint density at radius 2 is 2.10 bits per heavy atom. The number of aromatic nitrogens is 1. The molecule has 1 unspecified atom stereocenters. The van der Waals surface area contributed by atoms with E-state index in [9.17, 15) is 14.7 Å². The van der Waals surface area contributed by atoms with Gasteiger partial charge in [0, 0.05) is 6.07 Å². The summed E-state index contributed by atoms with van der Waals surface area (Å²) in [5.41, 5.74) is -1.17. The molecule has 0 aliphatic rings. The number of ether oxygens (including phenoxy) is 1. The number of rotatable bonds is 7. The summed E-state index contributed by atoms with van der Waals surface area (Å²) in [7, 11) is 0. The minimum absolute atomic E-state index is 0.0554. The number of carbonyl (C=O) groups excluding carboxylic acids is 1. The number of pyridine rings is 1. The molecule has 0 spiro atoms. The molecule has 21 heavy (non-hydrogen) atoms. The first kappa shape index (κ1) is 16.9. The van der Waals surface area contributed by atoms with Gasteiger partial charge >= 0.3 is 5.97 Å². The highest BCUT2D eigenvalue weighted by atomic mass is 16.5. The van der Waals surface area contributed by atoms with Crippen LogP contribution in [0.1, 0.15) is 51.0 Å². The number of nitrogens with zero attached hydrogens (tertiary/aromatic N) is 1. The zero-order valence-corrected chi connectivity index (χ0v) is 12.8. The highest BCUT2D eigenvalue weighted by Crippen LogP contribution is 2.15. The lowest BCUT2D eigenvalue weighted by Gasteiger charge is -2.25. The Morgan fingerprint density at radius 3 is 2.62 bits per heavy atom. The Morgan fingerprint density at radius 1 is 1.43 bits per heavy atom. The van der Waals surface area contributed by atoms with Crippen LogP contribution in [0.15, 0.2) is 18.2 Å². The van der Waals surface area contributed by atoms with Gasteiger partial charge in [0.05, 0.1) is 6.10 Å². The number of aliphatic carboxylic acids is 1. The summed E-state index contributed by atoms with van der Waals surface area (Å²) in [4.78, 5) is 27.6. The van der Waals surface area contributed by atoms with Crippen LogP contribution < -0.4 is 10.1 Å². The van der Waals surface area contributed by atoms with Crippen molar-refractivity contribution in [3.8, 4) is 5.88 Å². The number of carbonyl (C=O) groups is 2. The van der Waals surface area contributed by atoms with Crippen LogP contribution in [0.3, 0.4) is 0 Å². The highest BCUT2D eigenvalue weighted by Gasteiger charge is 2.34. The van der Waals surface area contributed by atoms with E-state index in [2.05, 4.69) is 10.3 Å². The van der Waals surface area contributed by atoms with Crippen molar-refractivity contribution in [2.75, 3.05) is 0 Å². The third kappa shape index (κ3) is 4.73. The van der Waals surface area contributed by atoms with Gasteiger partial charge < -0.3 is 15.2 Å². The molecule has 0 radical (unpaired) electrons. The van der Waals surface area contributed by atoms with Crippen molar-refractivity contribution in [1.29, 1.82) is 0 Å². The minimum atomic E-state index is -1.30. The fraction of sp³-hybridized carbons (Fsp3) is 0.533. The first-order chi connectivity index (χ1) is 9.78. The zero-order valence-electron chi connectivity index (χ0n) is 12.8. The zero-order chi connectivity index (χ0) is 16.0. The van der Waals surface area contributed by atoms with Gasteiger partial charge in [-0.2, -0.15) is 0 Å². The summed E-state index contributed by atoms with van der Waals surface area (Å²) in [6.45, 7) is 7.07. The molecule has 0 fully saturated rings. The monoisotopic (exact) mass is 294 g/mol. The first-order valence-electron chi connectivity index (χ1n) is 6.98. The van der Waals surface area contributed by atoms with Gasteiger partial charge in [-0.15, -0.1) is 0 Å². The van der Waals surface area contributed by atoms with E-state index in [1.807, 2.05) is 20.8 Å². The van der Waals surface area contributed by atoms with E-state index >= 15 is 0 Å². The van der Waals surface area contributed by atoms with Crippen molar-refractivity contribution in [3.05, 3.63) is 23.9 Å². The number of hydrogen-bond donors (Lipinski definition) is 2. The molecule has 0 aliphatic heterocycles. The molecule has 0 saturated heterocycles. The van der Waals surface area contributed by atoms with E-state index in [1.165, 1.54) is 13.0 Å². The number of carboxylic acids is 1. The standard InChI is InChI=1S/C15H22N2O4/c1-5-9-15(4,14(19)20)17-13(18)11-7-6-8-12(16-11)21-10(2)3/h6-8,10H,5,9H2,1-4H3,(H,17,18)(H,19,20). The van der Waals surface area contributed by atoms with Gasteiger partial charge in [-0.25, -0.2) is 9.78 Å². The van der Waals surface area contributed by atoms with E-state index in [-0.39, 0.29) is 11.8 Å². The van der Waals surface area contributed by atoms with Crippen LogP contribution in [-0.4, -0.2) is 33.6 Å². The van der Waals surface area contributed by atoms with Crippen LogP contribution in [0.25, 0.3) is 0 Å².